The van der Waals surface area contributed by atoms with Gasteiger partial charge in [-0.1, -0.05) is 20.8 Å². The van der Waals surface area contributed by atoms with Crippen molar-refractivity contribution in [3.8, 4) is 0 Å². The molecule has 0 heterocycles. The fourth-order valence-electron chi connectivity index (χ4n) is 3.52. The third kappa shape index (κ3) is 3.41. The first kappa shape index (κ1) is 17.9. The molecule has 0 radical (unpaired) electrons. The van der Waals surface area contributed by atoms with E-state index < -0.39 is 10.0 Å². The fourth-order valence-corrected chi connectivity index (χ4v) is 5.00. The molecular weight excluding hydrogens is 316 g/mol. The van der Waals surface area contributed by atoms with Crippen LogP contribution in [0.2, 0.25) is 0 Å². The van der Waals surface area contributed by atoms with Gasteiger partial charge in [0.1, 0.15) is 0 Å². The maximum atomic E-state index is 12.6. The maximum Gasteiger partial charge on any atom is 0.240 e. The molecule has 1 aliphatic rings. The molecule has 0 aromatic heterocycles. The minimum absolute atomic E-state index is 0.0253. The molecule has 1 aromatic carbocycles. The second kappa shape index (κ2) is 6.22. The summed E-state index contributed by atoms with van der Waals surface area (Å²) in [4.78, 5) is 11.2. The van der Waals surface area contributed by atoms with E-state index in [4.69, 9.17) is 4.74 Å². The summed E-state index contributed by atoms with van der Waals surface area (Å²) in [6.07, 6.45) is 0.0253. The number of ether oxygens (including phenoxy) is 1. The van der Waals surface area contributed by atoms with Gasteiger partial charge in [0.25, 0.3) is 0 Å². The summed E-state index contributed by atoms with van der Waals surface area (Å²) in [6.45, 7) is 7.37. The Kier molecular flexibility index (Phi) is 4.84. The van der Waals surface area contributed by atoms with Crippen molar-refractivity contribution < 1.29 is 17.9 Å². The lowest BCUT2D eigenvalue weighted by Gasteiger charge is -2.56. The van der Waals surface area contributed by atoms with Gasteiger partial charge in [-0.3, -0.25) is 4.79 Å². The van der Waals surface area contributed by atoms with Gasteiger partial charge in [-0.05, 0) is 30.2 Å². The highest BCUT2D eigenvalue weighted by Crippen LogP contribution is 2.47. The number of hydrogen-bond donors (Lipinski definition) is 2. The summed E-state index contributed by atoms with van der Waals surface area (Å²) >= 11 is 0. The van der Waals surface area contributed by atoms with E-state index in [9.17, 15) is 13.2 Å². The van der Waals surface area contributed by atoms with Crippen molar-refractivity contribution in [3.05, 3.63) is 24.3 Å². The third-order valence-corrected chi connectivity index (χ3v) is 6.02. The van der Waals surface area contributed by atoms with Crippen molar-refractivity contribution in [1.29, 1.82) is 0 Å². The summed E-state index contributed by atoms with van der Waals surface area (Å²) in [7, 11) is -1.97. The van der Waals surface area contributed by atoms with Crippen molar-refractivity contribution in [2.24, 2.45) is 11.3 Å². The zero-order valence-corrected chi connectivity index (χ0v) is 14.9. The highest BCUT2D eigenvalue weighted by Gasteiger charge is 2.55. The quantitative estimate of drug-likeness (QED) is 0.858. The molecule has 0 unspecified atom stereocenters. The van der Waals surface area contributed by atoms with Crippen LogP contribution in [0.15, 0.2) is 29.2 Å². The normalized spacial score (nSPS) is 26.4. The molecule has 6 nitrogen and oxygen atoms in total. The summed E-state index contributed by atoms with van der Waals surface area (Å²) in [5, 5.41) is 2.61. The van der Waals surface area contributed by atoms with Gasteiger partial charge in [-0.2, -0.15) is 0 Å². The van der Waals surface area contributed by atoms with E-state index >= 15 is 0 Å². The second-order valence-electron chi connectivity index (χ2n) is 6.64. The largest absolute Gasteiger partial charge is 0.380 e. The Labute approximate surface area is 137 Å². The Morgan fingerprint density at radius 1 is 1.22 bits per heavy atom. The zero-order chi connectivity index (χ0) is 17.4. The van der Waals surface area contributed by atoms with Crippen molar-refractivity contribution >= 4 is 21.6 Å². The average Bonchev–Trinajstić information content (AvgIpc) is 2.45. The monoisotopic (exact) mass is 340 g/mol. The van der Waals surface area contributed by atoms with Gasteiger partial charge in [0.05, 0.1) is 11.0 Å². The number of amides is 1. The standard InChI is InChI=1S/C16H24N2O4S/c1-10-14(16(3,4)15(10)22-5)18-23(20,21)13-8-6-12(7-9-13)17-11(2)19/h6-10,14-15,18H,1-5H3,(H,17,19)/t10-,14+,15-/m1/s1. The van der Waals surface area contributed by atoms with E-state index in [0.29, 0.717) is 5.69 Å². The lowest BCUT2D eigenvalue weighted by Crippen LogP contribution is -2.67. The first-order chi connectivity index (χ1) is 10.6. The molecule has 7 heteroatoms. The van der Waals surface area contributed by atoms with Crippen molar-refractivity contribution in [2.75, 3.05) is 12.4 Å². The zero-order valence-electron chi connectivity index (χ0n) is 14.1. The molecule has 0 bridgehead atoms. The fraction of sp³-hybridized carbons (Fsp3) is 0.562. The predicted octanol–water partition coefficient (Wildman–Crippen LogP) is 1.98. The van der Waals surface area contributed by atoms with Gasteiger partial charge in [0.2, 0.25) is 15.9 Å². The molecule has 3 atom stereocenters. The molecule has 128 valence electrons. The van der Waals surface area contributed by atoms with E-state index in [2.05, 4.69) is 10.0 Å². The van der Waals surface area contributed by atoms with Crippen LogP contribution in [-0.4, -0.2) is 33.6 Å². The summed E-state index contributed by atoms with van der Waals surface area (Å²) in [5.41, 5.74) is 0.297. The van der Waals surface area contributed by atoms with E-state index in [1.165, 1.54) is 19.1 Å². The predicted molar refractivity (Wildman–Crippen MR) is 88.6 cm³/mol. The molecule has 0 aliphatic heterocycles. The van der Waals surface area contributed by atoms with Crippen LogP contribution in [0, 0.1) is 11.3 Å². The van der Waals surface area contributed by atoms with Gasteiger partial charge in [0.15, 0.2) is 0 Å². The molecule has 1 saturated carbocycles. The van der Waals surface area contributed by atoms with Crippen LogP contribution in [0.5, 0.6) is 0 Å². The van der Waals surface area contributed by atoms with Crippen LogP contribution >= 0.6 is 0 Å². The molecule has 2 rings (SSSR count). The number of methoxy groups -OCH3 is 1. The van der Waals surface area contributed by atoms with Crippen molar-refractivity contribution in [2.45, 2.75) is 44.7 Å². The van der Waals surface area contributed by atoms with Gasteiger partial charge < -0.3 is 10.1 Å². The Balaban J connectivity index is 2.15. The molecule has 0 saturated heterocycles. The van der Waals surface area contributed by atoms with Crippen molar-refractivity contribution in [3.63, 3.8) is 0 Å². The molecule has 0 spiro atoms. The number of hydrogen-bond acceptors (Lipinski definition) is 4. The summed E-state index contributed by atoms with van der Waals surface area (Å²) in [6, 6.07) is 5.93. The van der Waals surface area contributed by atoms with Crippen LogP contribution in [0.4, 0.5) is 5.69 Å². The lowest BCUT2D eigenvalue weighted by molar-refractivity contribution is -0.138. The van der Waals surface area contributed by atoms with Gasteiger partial charge in [-0.25, -0.2) is 13.1 Å². The van der Waals surface area contributed by atoms with Crippen molar-refractivity contribution in [1.82, 2.24) is 4.72 Å². The molecular formula is C16H24N2O4S. The number of nitrogens with one attached hydrogen (secondary N) is 2. The average molecular weight is 340 g/mol. The Morgan fingerprint density at radius 3 is 2.22 bits per heavy atom. The highest BCUT2D eigenvalue weighted by molar-refractivity contribution is 7.89. The Bertz CT molecular complexity index is 683. The second-order valence-corrected chi connectivity index (χ2v) is 8.36. The van der Waals surface area contributed by atoms with Crippen LogP contribution in [0.25, 0.3) is 0 Å². The van der Waals surface area contributed by atoms with E-state index in [1.807, 2.05) is 20.8 Å². The topological polar surface area (TPSA) is 84.5 Å². The minimum atomic E-state index is -3.62. The van der Waals surface area contributed by atoms with Gasteiger partial charge >= 0.3 is 0 Å². The lowest BCUT2D eigenvalue weighted by atomic mass is 9.58. The van der Waals surface area contributed by atoms with E-state index in [-0.39, 0.29) is 34.3 Å². The van der Waals surface area contributed by atoms with Crippen LogP contribution in [0.3, 0.4) is 0 Å². The maximum absolute atomic E-state index is 12.6. The van der Waals surface area contributed by atoms with Gasteiger partial charge in [-0.15, -0.1) is 0 Å². The molecule has 1 aromatic rings. The van der Waals surface area contributed by atoms with Crippen LogP contribution in [0.1, 0.15) is 27.7 Å². The van der Waals surface area contributed by atoms with E-state index in [0.717, 1.165) is 0 Å². The summed E-state index contributed by atoms with van der Waals surface area (Å²) < 4.78 is 33.3. The van der Waals surface area contributed by atoms with Crippen LogP contribution < -0.4 is 10.0 Å². The molecule has 1 amide bonds. The van der Waals surface area contributed by atoms with E-state index in [1.54, 1.807) is 19.2 Å². The Hall–Kier alpha value is -1.44. The summed E-state index contributed by atoms with van der Waals surface area (Å²) in [5.74, 6) is -0.0993. The first-order valence-corrected chi connectivity index (χ1v) is 9.00. The molecule has 1 fully saturated rings. The number of anilines is 1. The molecule has 1 aliphatic carbocycles. The number of carbonyl (C=O) groups excluding carboxylic acids is 1. The molecule has 2 N–H and O–H groups in total. The number of sulfonamides is 1. The first-order valence-electron chi connectivity index (χ1n) is 7.52. The number of rotatable bonds is 5. The minimum Gasteiger partial charge on any atom is -0.380 e. The Morgan fingerprint density at radius 2 is 1.78 bits per heavy atom. The highest BCUT2D eigenvalue weighted by atomic mass is 32.2. The third-order valence-electron chi connectivity index (χ3n) is 4.56. The molecule has 23 heavy (non-hydrogen) atoms. The SMILES string of the molecule is CO[C@@H]1[C@H](C)[C@H](NS(=O)(=O)c2ccc(NC(C)=O)cc2)C1(C)C. The van der Waals surface area contributed by atoms with Crippen LogP contribution in [-0.2, 0) is 19.6 Å². The number of benzene rings is 1. The number of carbonyl (C=O) groups is 1. The smallest absolute Gasteiger partial charge is 0.240 e. The van der Waals surface area contributed by atoms with Gasteiger partial charge in [0, 0.05) is 31.2 Å².